The van der Waals surface area contributed by atoms with Crippen LogP contribution >= 0.6 is 34.8 Å². The van der Waals surface area contributed by atoms with Gasteiger partial charge >= 0.3 is 0 Å². The maximum Gasteiger partial charge on any atom is 0.261 e. The molecule has 0 radical (unpaired) electrons. The van der Waals surface area contributed by atoms with Gasteiger partial charge in [0.15, 0.2) is 0 Å². The van der Waals surface area contributed by atoms with E-state index in [1.165, 1.54) is 54.6 Å². The van der Waals surface area contributed by atoms with Crippen molar-refractivity contribution >= 4 is 77.8 Å². The Labute approximate surface area is 254 Å². The highest BCUT2D eigenvalue weighted by Gasteiger charge is 2.21. The number of benzene rings is 4. The summed E-state index contributed by atoms with van der Waals surface area (Å²) >= 11 is 18.6. The third kappa shape index (κ3) is 7.52. The van der Waals surface area contributed by atoms with E-state index in [-0.39, 0.29) is 17.0 Å². The van der Waals surface area contributed by atoms with E-state index in [0.29, 0.717) is 37.7 Å². The summed E-state index contributed by atoms with van der Waals surface area (Å²) in [4.78, 5) is 12.8. The van der Waals surface area contributed by atoms with Crippen molar-refractivity contribution in [3.05, 3.63) is 117 Å². The molecule has 0 bridgehead atoms. The van der Waals surface area contributed by atoms with Crippen molar-refractivity contribution in [2.45, 2.75) is 18.4 Å². The zero-order chi connectivity index (χ0) is 29.9. The Morgan fingerprint density at radius 3 is 1.93 bits per heavy atom. The van der Waals surface area contributed by atoms with Crippen LogP contribution in [0.1, 0.15) is 21.5 Å². The molecule has 0 aromatic heterocycles. The van der Waals surface area contributed by atoms with Gasteiger partial charge in [0.05, 0.1) is 29.1 Å². The van der Waals surface area contributed by atoms with E-state index in [9.17, 15) is 21.6 Å². The first-order valence-corrected chi connectivity index (χ1v) is 16.4. The van der Waals surface area contributed by atoms with Gasteiger partial charge in [-0.1, -0.05) is 46.9 Å². The van der Waals surface area contributed by atoms with E-state index in [0.717, 1.165) is 16.1 Å². The van der Waals surface area contributed by atoms with Crippen molar-refractivity contribution < 1.29 is 21.6 Å². The van der Waals surface area contributed by atoms with Gasteiger partial charge in [-0.3, -0.25) is 13.8 Å². The number of anilines is 3. The Morgan fingerprint density at radius 2 is 1.37 bits per heavy atom. The quantitative estimate of drug-likeness (QED) is 0.203. The highest BCUT2D eigenvalue weighted by molar-refractivity contribution is 7.92. The molecule has 0 heterocycles. The first-order chi connectivity index (χ1) is 19.2. The predicted octanol–water partition coefficient (Wildman–Crippen LogP) is 6.97. The number of halogens is 3. The molecule has 4 aromatic carbocycles. The van der Waals surface area contributed by atoms with E-state index in [1.54, 1.807) is 30.3 Å². The fourth-order valence-corrected chi connectivity index (χ4v) is 6.41. The summed E-state index contributed by atoms with van der Waals surface area (Å²) in [5, 5.41) is 3.79. The summed E-state index contributed by atoms with van der Waals surface area (Å²) in [7, 11) is -7.60. The number of nitrogens with one attached hydrogen (secondary N) is 2. The van der Waals surface area contributed by atoms with Crippen molar-refractivity contribution in [1.29, 1.82) is 0 Å². The lowest BCUT2D eigenvalue weighted by Gasteiger charge is -2.23. The first kappa shape index (κ1) is 30.7. The fraction of sp³-hybridized carbons (Fsp3) is 0.107. The average Bonchev–Trinajstić information content (AvgIpc) is 2.90. The van der Waals surface area contributed by atoms with E-state index >= 15 is 0 Å². The van der Waals surface area contributed by atoms with Crippen LogP contribution in [0.5, 0.6) is 0 Å². The second-order valence-corrected chi connectivity index (χ2v) is 13.9. The molecule has 2 N–H and O–H groups in total. The standard InChI is InChI=1S/C28H24Cl3N3O5S2/c1-18-6-9-21(16-27(18)31)33-41(38,39)23-14-10-20(11-15-23)32-28(35)19-7-12-22(13-8-19)34(40(2,36)37)17-24-25(29)4-3-5-26(24)30/h3-16,33H,17H2,1-2H3,(H,32,35). The predicted molar refractivity (Wildman–Crippen MR) is 165 cm³/mol. The molecule has 0 fully saturated rings. The Hall–Kier alpha value is -3.28. The molecule has 41 heavy (non-hydrogen) atoms. The molecule has 0 atom stereocenters. The molecule has 0 aliphatic rings. The van der Waals surface area contributed by atoms with Crippen LogP contribution in [-0.2, 0) is 26.6 Å². The Balaban J connectivity index is 1.46. The zero-order valence-electron chi connectivity index (χ0n) is 21.7. The van der Waals surface area contributed by atoms with Crippen molar-refractivity contribution in [3.63, 3.8) is 0 Å². The summed E-state index contributed by atoms with van der Waals surface area (Å²) in [6, 6.07) is 21.3. The Morgan fingerprint density at radius 1 is 0.780 bits per heavy atom. The summed E-state index contributed by atoms with van der Waals surface area (Å²) in [6.45, 7) is 1.72. The number of rotatable bonds is 9. The van der Waals surface area contributed by atoms with Gasteiger partial charge in [0, 0.05) is 31.9 Å². The number of aryl methyl sites for hydroxylation is 1. The number of sulfonamides is 2. The molecule has 0 aliphatic carbocycles. The molecular formula is C28H24Cl3N3O5S2. The lowest BCUT2D eigenvalue weighted by Crippen LogP contribution is -2.29. The second-order valence-electron chi connectivity index (χ2n) is 9.06. The number of hydrogen-bond donors (Lipinski definition) is 2. The van der Waals surface area contributed by atoms with Crippen LogP contribution in [0.4, 0.5) is 17.1 Å². The Bertz CT molecular complexity index is 1790. The largest absolute Gasteiger partial charge is 0.322 e. The average molecular weight is 653 g/mol. The minimum atomic E-state index is -3.89. The summed E-state index contributed by atoms with van der Waals surface area (Å²) < 4.78 is 54.2. The molecule has 4 rings (SSSR count). The van der Waals surface area contributed by atoms with Gasteiger partial charge in [-0.15, -0.1) is 0 Å². The summed E-state index contributed by atoms with van der Waals surface area (Å²) in [5.74, 6) is -0.473. The van der Waals surface area contributed by atoms with E-state index < -0.39 is 26.0 Å². The molecule has 0 aliphatic heterocycles. The minimum absolute atomic E-state index is 0.00367. The van der Waals surface area contributed by atoms with E-state index in [4.69, 9.17) is 34.8 Å². The van der Waals surface area contributed by atoms with Crippen LogP contribution in [0.3, 0.4) is 0 Å². The van der Waals surface area contributed by atoms with Gasteiger partial charge in [0.1, 0.15) is 0 Å². The number of carbonyl (C=O) groups excluding carboxylic acids is 1. The van der Waals surface area contributed by atoms with Crippen LogP contribution in [-0.4, -0.2) is 29.0 Å². The van der Waals surface area contributed by atoms with Crippen molar-refractivity contribution in [2.24, 2.45) is 0 Å². The molecule has 0 saturated carbocycles. The number of hydrogen-bond acceptors (Lipinski definition) is 5. The van der Waals surface area contributed by atoms with Gasteiger partial charge in [-0.05, 0) is 85.3 Å². The molecule has 0 saturated heterocycles. The molecule has 0 unspecified atom stereocenters. The zero-order valence-corrected chi connectivity index (χ0v) is 25.6. The number of amides is 1. The van der Waals surface area contributed by atoms with Crippen LogP contribution in [0.2, 0.25) is 15.1 Å². The van der Waals surface area contributed by atoms with Crippen molar-refractivity contribution in [2.75, 3.05) is 20.6 Å². The third-order valence-corrected chi connectivity index (χ3v) is 9.68. The minimum Gasteiger partial charge on any atom is -0.322 e. The summed E-state index contributed by atoms with van der Waals surface area (Å²) in [6.07, 6.45) is 1.06. The summed E-state index contributed by atoms with van der Waals surface area (Å²) in [5.41, 5.74) is 2.53. The molecule has 0 spiro atoms. The molecule has 214 valence electrons. The lowest BCUT2D eigenvalue weighted by atomic mass is 10.1. The molecule has 1 amide bonds. The Kier molecular flexibility index (Phi) is 9.20. The highest BCUT2D eigenvalue weighted by Crippen LogP contribution is 2.30. The van der Waals surface area contributed by atoms with E-state index in [2.05, 4.69) is 10.0 Å². The number of carbonyl (C=O) groups is 1. The van der Waals surface area contributed by atoms with Gasteiger partial charge in [0.25, 0.3) is 15.9 Å². The normalized spacial score (nSPS) is 11.6. The van der Waals surface area contributed by atoms with Crippen LogP contribution in [0.25, 0.3) is 0 Å². The third-order valence-electron chi connectivity index (χ3n) is 6.03. The van der Waals surface area contributed by atoms with E-state index in [1.807, 2.05) is 6.92 Å². The maximum absolute atomic E-state index is 12.8. The highest BCUT2D eigenvalue weighted by atomic mass is 35.5. The van der Waals surface area contributed by atoms with Crippen LogP contribution in [0, 0.1) is 6.92 Å². The van der Waals surface area contributed by atoms with Gasteiger partial charge in [-0.2, -0.15) is 0 Å². The van der Waals surface area contributed by atoms with Gasteiger partial charge < -0.3 is 5.32 Å². The maximum atomic E-state index is 12.8. The molecular weight excluding hydrogens is 629 g/mol. The van der Waals surface area contributed by atoms with Crippen LogP contribution in [0.15, 0.2) is 89.8 Å². The SMILES string of the molecule is Cc1ccc(NS(=O)(=O)c2ccc(NC(=O)c3ccc(N(Cc4c(Cl)cccc4Cl)S(C)(=O)=O)cc3)cc2)cc1Cl. The topological polar surface area (TPSA) is 113 Å². The van der Waals surface area contributed by atoms with Crippen LogP contribution < -0.4 is 14.3 Å². The second kappa shape index (κ2) is 12.3. The molecule has 13 heteroatoms. The smallest absolute Gasteiger partial charge is 0.261 e. The molecule has 4 aromatic rings. The molecule has 8 nitrogen and oxygen atoms in total. The van der Waals surface area contributed by atoms with Crippen molar-refractivity contribution in [1.82, 2.24) is 0 Å². The first-order valence-electron chi connectivity index (χ1n) is 12.0. The number of nitrogens with zero attached hydrogens (tertiary/aromatic N) is 1. The van der Waals surface area contributed by atoms with Gasteiger partial charge in [-0.25, -0.2) is 16.8 Å². The fourth-order valence-electron chi connectivity index (χ4n) is 3.80. The van der Waals surface area contributed by atoms with Gasteiger partial charge in [0.2, 0.25) is 10.0 Å². The lowest BCUT2D eigenvalue weighted by molar-refractivity contribution is 0.102. The van der Waals surface area contributed by atoms with Crippen molar-refractivity contribution in [3.8, 4) is 0 Å². The monoisotopic (exact) mass is 651 g/mol.